The Morgan fingerprint density at radius 1 is 1.15 bits per heavy atom. The zero-order valence-corrected chi connectivity index (χ0v) is 12.1. The number of hydrogen-bond donors (Lipinski definition) is 2. The lowest BCUT2D eigenvalue weighted by atomic mass is 10.0. The Morgan fingerprint density at radius 3 is 2.55 bits per heavy atom. The van der Waals surface area contributed by atoms with E-state index in [1.165, 1.54) is 5.56 Å². The van der Waals surface area contributed by atoms with Crippen molar-refractivity contribution in [2.24, 2.45) is 0 Å². The van der Waals surface area contributed by atoms with Crippen molar-refractivity contribution in [3.05, 3.63) is 64.7 Å². The van der Waals surface area contributed by atoms with Crippen molar-refractivity contribution in [3.63, 3.8) is 0 Å². The summed E-state index contributed by atoms with van der Waals surface area (Å²) in [6.45, 7) is 5.88. The fourth-order valence-electron chi connectivity index (χ4n) is 2.20. The molecule has 3 N–H and O–H groups in total. The second-order valence-corrected chi connectivity index (χ2v) is 5.13. The molecule has 0 radical (unpaired) electrons. The predicted molar refractivity (Wildman–Crippen MR) is 82.7 cm³/mol. The Balaban J connectivity index is 2.17. The molecule has 3 nitrogen and oxygen atoms in total. The van der Waals surface area contributed by atoms with Gasteiger partial charge in [-0.05, 0) is 44.0 Å². The summed E-state index contributed by atoms with van der Waals surface area (Å²) in [5.74, 6) is -0.0937. The number of nitrogens with one attached hydrogen (secondary N) is 1. The number of rotatable bonds is 3. The number of amides is 1. The van der Waals surface area contributed by atoms with Gasteiger partial charge in [-0.3, -0.25) is 4.79 Å². The molecule has 0 aliphatic carbocycles. The van der Waals surface area contributed by atoms with Gasteiger partial charge >= 0.3 is 0 Å². The number of hydrogen-bond acceptors (Lipinski definition) is 2. The maximum Gasteiger partial charge on any atom is 0.252 e. The summed E-state index contributed by atoms with van der Waals surface area (Å²) >= 11 is 0. The summed E-state index contributed by atoms with van der Waals surface area (Å²) in [5, 5.41) is 3.01. The fraction of sp³-hybridized carbons (Fsp3) is 0.235. The zero-order valence-electron chi connectivity index (χ0n) is 12.1. The first-order chi connectivity index (χ1) is 9.49. The van der Waals surface area contributed by atoms with Crippen LogP contribution in [0.4, 0.5) is 5.69 Å². The van der Waals surface area contributed by atoms with E-state index in [-0.39, 0.29) is 11.9 Å². The molecular weight excluding hydrogens is 248 g/mol. The molecule has 20 heavy (non-hydrogen) atoms. The lowest BCUT2D eigenvalue weighted by Gasteiger charge is -2.16. The van der Waals surface area contributed by atoms with Gasteiger partial charge in [-0.1, -0.05) is 35.9 Å². The monoisotopic (exact) mass is 268 g/mol. The van der Waals surface area contributed by atoms with Crippen molar-refractivity contribution >= 4 is 11.6 Å². The molecule has 2 aromatic carbocycles. The molecule has 0 saturated carbocycles. The van der Waals surface area contributed by atoms with Crippen LogP contribution in [0.3, 0.4) is 0 Å². The SMILES string of the molecule is Cc1cccc([C@@H](C)NC(=O)c2cccc(N)c2C)c1. The molecule has 0 aliphatic rings. The molecule has 3 heteroatoms. The minimum Gasteiger partial charge on any atom is -0.398 e. The number of nitrogen functional groups attached to an aromatic ring is 1. The minimum absolute atomic E-state index is 0.0387. The van der Waals surface area contributed by atoms with Gasteiger partial charge < -0.3 is 11.1 Å². The Hall–Kier alpha value is -2.29. The lowest BCUT2D eigenvalue weighted by molar-refractivity contribution is 0.0939. The van der Waals surface area contributed by atoms with Gasteiger partial charge in [0.15, 0.2) is 0 Å². The summed E-state index contributed by atoms with van der Waals surface area (Å²) < 4.78 is 0. The first-order valence-corrected chi connectivity index (χ1v) is 6.71. The number of nitrogens with two attached hydrogens (primary N) is 1. The van der Waals surface area contributed by atoms with Gasteiger partial charge in [0.1, 0.15) is 0 Å². The number of benzene rings is 2. The zero-order chi connectivity index (χ0) is 14.7. The van der Waals surface area contributed by atoms with Gasteiger partial charge in [-0.2, -0.15) is 0 Å². The second-order valence-electron chi connectivity index (χ2n) is 5.13. The minimum atomic E-state index is -0.0937. The van der Waals surface area contributed by atoms with Crippen LogP contribution < -0.4 is 11.1 Å². The van der Waals surface area contributed by atoms with E-state index in [9.17, 15) is 4.79 Å². The van der Waals surface area contributed by atoms with Gasteiger partial charge in [0.05, 0.1) is 6.04 Å². The van der Waals surface area contributed by atoms with Crippen molar-refractivity contribution in [3.8, 4) is 0 Å². The summed E-state index contributed by atoms with van der Waals surface area (Å²) in [7, 11) is 0. The van der Waals surface area contributed by atoms with Crippen LogP contribution >= 0.6 is 0 Å². The van der Waals surface area contributed by atoms with E-state index in [2.05, 4.69) is 11.4 Å². The number of carbonyl (C=O) groups excluding carboxylic acids is 1. The first kappa shape index (κ1) is 14.1. The molecule has 104 valence electrons. The maximum atomic E-state index is 12.3. The van der Waals surface area contributed by atoms with E-state index < -0.39 is 0 Å². The van der Waals surface area contributed by atoms with Crippen LogP contribution in [-0.2, 0) is 0 Å². The van der Waals surface area contributed by atoms with E-state index in [0.717, 1.165) is 11.1 Å². The van der Waals surface area contributed by atoms with E-state index >= 15 is 0 Å². The highest BCUT2D eigenvalue weighted by atomic mass is 16.1. The molecule has 0 unspecified atom stereocenters. The van der Waals surface area contributed by atoms with Gasteiger partial charge in [0, 0.05) is 11.3 Å². The van der Waals surface area contributed by atoms with E-state index in [1.54, 1.807) is 18.2 Å². The number of aryl methyl sites for hydroxylation is 1. The van der Waals surface area contributed by atoms with Crippen LogP contribution in [0.1, 0.15) is 40.0 Å². The highest BCUT2D eigenvalue weighted by Crippen LogP contribution is 2.18. The topological polar surface area (TPSA) is 55.1 Å². The summed E-state index contributed by atoms with van der Waals surface area (Å²) in [6.07, 6.45) is 0. The van der Waals surface area contributed by atoms with Crippen LogP contribution in [-0.4, -0.2) is 5.91 Å². The maximum absolute atomic E-state index is 12.3. The molecule has 0 saturated heterocycles. The summed E-state index contributed by atoms with van der Waals surface area (Å²) in [5.41, 5.74) is 10.2. The molecule has 0 bridgehead atoms. The summed E-state index contributed by atoms with van der Waals surface area (Å²) in [4.78, 5) is 12.3. The van der Waals surface area contributed by atoms with Crippen molar-refractivity contribution in [1.82, 2.24) is 5.32 Å². The number of anilines is 1. The Kier molecular flexibility index (Phi) is 4.08. The lowest BCUT2D eigenvalue weighted by Crippen LogP contribution is -2.27. The van der Waals surface area contributed by atoms with Crippen LogP contribution in [0.5, 0.6) is 0 Å². The average molecular weight is 268 g/mol. The van der Waals surface area contributed by atoms with Gasteiger partial charge in [-0.15, -0.1) is 0 Å². The third-order valence-electron chi connectivity index (χ3n) is 3.51. The molecule has 2 rings (SSSR count). The first-order valence-electron chi connectivity index (χ1n) is 6.71. The largest absolute Gasteiger partial charge is 0.398 e. The molecule has 0 heterocycles. The molecule has 0 aliphatic heterocycles. The fourth-order valence-corrected chi connectivity index (χ4v) is 2.20. The van der Waals surface area contributed by atoms with E-state index in [1.807, 2.05) is 39.0 Å². The molecule has 2 aromatic rings. The standard InChI is InChI=1S/C17H20N2O/c1-11-6-4-7-14(10-11)13(3)19-17(20)15-8-5-9-16(18)12(15)2/h4-10,13H,18H2,1-3H3,(H,19,20)/t13-/m1/s1. The molecular formula is C17H20N2O. The van der Waals surface area contributed by atoms with Crippen molar-refractivity contribution in [1.29, 1.82) is 0 Å². The molecule has 0 fully saturated rings. The highest BCUT2D eigenvalue weighted by molar-refractivity contribution is 5.97. The van der Waals surface area contributed by atoms with E-state index in [0.29, 0.717) is 11.3 Å². The second kappa shape index (κ2) is 5.78. The highest BCUT2D eigenvalue weighted by Gasteiger charge is 2.14. The Labute approximate surface area is 119 Å². The molecule has 1 atom stereocenters. The molecule has 0 aromatic heterocycles. The van der Waals surface area contributed by atoms with E-state index in [4.69, 9.17) is 5.73 Å². The molecule has 1 amide bonds. The molecule has 0 spiro atoms. The van der Waals surface area contributed by atoms with Crippen LogP contribution in [0, 0.1) is 13.8 Å². The van der Waals surface area contributed by atoms with Crippen molar-refractivity contribution in [2.75, 3.05) is 5.73 Å². The van der Waals surface area contributed by atoms with Crippen LogP contribution in [0.25, 0.3) is 0 Å². The van der Waals surface area contributed by atoms with Crippen molar-refractivity contribution < 1.29 is 4.79 Å². The van der Waals surface area contributed by atoms with Crippen molar-refractivity contribution in [2.45, 2.75) is 26.8 Å². The quantitative estimate of drug-likeness (QED) is 0.838. The smallest absolute Gasteiger partial charge is 0.252 e. The predicted octanol–water partition coefficient (Wildman–Crippen LogP) is 3.38. The third kappa shape index (κ3) is 2.99. The van der Waals surface area contributed by atoms with Crippen LogP contribution in [0.15, 0.2) is 42.5 Å². The Bertz CT molecular complexity index is 635. The van der Waals surface area contributed by atoms with Gasteiger partial charge in [0.25, 0.3) is 5.91 Å². The normalized spacial score (nSPS) is 11.9. The van der Waals surface area contributed by atoms with Gasteiger partial charge in [-0.25, -0.2) is 0 Å². The summed E-state index contributed by atoms with van der Waals surface area (Å²) in [6, 6.07) is 13.5. The average Bonchev–Trinajstić information content (AvgIpc) is 2.41. The number of carbonyl (C=O) groups is 1. The Morgan fingerprint density at radius 2 is 1.85 bits per heavy atom. The third-order valence-corrected chi connectivity index (χ3v) is 3.51. The van der Waals surface area contributed by atoms with Gasteiger partial charge in [0.2, 0.25) is 0 Å². The van der Waals surface area contributed by atoms with Crippen LogP contribution in [0.2, 0.25) is 0 Å².